The molecule has 0 aliphatic rings. The number of hydrogen-bond donors (Lipinski definition) is 1. The van der Waals surface area contributed by atoms with Crippen LogP contribution in [0.4, 0.5) is 5.69 Å². The maximum Gasteiger partial charge on any atom is 0.237 e. The molecule has 1 N–H and O–H groups in total. The number of amides is 1. The molecule has 1 atom stereocenters. The van der Waals surface area contributed by atoms with Crippen LogP contribution >= 0.6 is 11.8 Å². The molecule has 0 unspecified atom stereocenters. The first kappa shape index (κ1) is 16.6. The molecular weight excluding hydrogens is 344 g/mol. The second-order valence-corrected chi connectivity index (χ2v) is 7.44. The molecule has 6 heteroatoms. The van der Waals surface area contributed by atoms with Crippen LogP contribution in [0.15, 0.2) is 65.8 Å². The van der Waals surface area contributed by atoms with E-state index in [0.717, 1.165) is 27.8 Å². The van der Waals surface area contributed by atoms with Gasteiger partial charge in [-0.05, 0) is 43.7 Å². The highest BCUT2D eigenvalue weighted by Crippen LogP contribution is 2.28. The highest BCUT2D eigenvalue weighted by molar-refractivity contribution is 8.00. The van der Waals surface area contributed by atoms with Gasteiger partial charge in [-0.25, -0.2) is 0 Å². The van der Waals surface area contributed by atoms with Crippen LogP contribution in [0.5, 0.6) is 0 Å². The molecule has 0 fully saturated rings. The Morgan fingerprint density at radius 1 is 1.08 bits per heavy atom. The Labute approximate surface area is 155 Å². The molecule has 0 saturated heterocycles. The normalized spacial score (nSPS) is 12.4. The van der Waals surface area contributed by atoms with Gasteiger partial charge in [0, 0.05) is 11.1 Å². The second kappa shape index (κ2) is 6.80. The zero-order chi connectivity index (χ0) is 18.1. The minimum atomic E-state index is -0.303. The molecule has 0 spiro atoms. The quantitative estimate of drug-likeness (QED) is 0.550. The number of nitrogens with zero attached hydrogens (tertiary/aromatic N) is 3. The van der Waals surface area contributed by atoms with Crippen LogP contribution in [0.3, 0.4) is 0 Å². The van der Waals surface area contributed by atoms with Crippen LogP contribution in [0.1, 0.15) is 12.5 Å². The van der Waals surface area contributed by atoms with Crippen molar-refractivity contribution in [1.82, 2.24) is 14.6 Å². The van der Waals surface area contributed by atoms with E-state index in [1.165, 1.54) is 11.8 Å². The Morgan fingerprint density at radius 3 is 2.62 bits per heavy atom. The van der Waals surface area contributed by atoms with Crippen LogP contribution in [0.2, 0.25) is 0 Å². The number of aryl methyl sites for hydroxylation is 1. The van der Waals surface area contributed by atoms with Crippen LogP contribution in [0.25, 0.3) is 16.6 Å². The van der Waals surface area contributed by atoms with Crippen molar-refractivity contribution < 1.29 is 4.79 Å². The highest BCUT2D eigenvalue weighted by Gasteiger charge is 2.19. The van der Waals surface area contributed by atoms with E-state index in [1.54, 1.807) is 0 Å². The highest BCUT2D eigenvalue weighted by atomic mass is 32.2. The lowest BCUT2D eigenvalue weighted by atomic mass is 10.1. The Kier molecular flexibility index (Phi) is 4.34. The molecule has 5 nitrogen and oxygen atoms in total. The first-order chi connectivity index (χ1) is 12.6. The third kappa shape index (κ3) is 3.04. The van der Waals surface area contributed by atoms with Crippen molar-refractivity contribution in [2.24, 2.45) is 0 Å². The molecule has 26 heavy (non-hydrogen) atoms. The third-order valence-corrected chi connectivity index (χ3v) is 5.31. The molecule has 2 heterocycles. The molecule has 130 valence electrons. The van der Waals surface area contributed by atoms with Gasteiger partial charge >= 0.3 is 0 Å². The summed E-state index contributed by atoms with van der Waals surface area (Å²) in [5.74, 6) is -0.0608. The van der Waals surface area contributed by atoms with Gasteiger partial charge < -0.3 is 5.32 Å². The fourth-order valence-electron chi connectivity index (χ4n) is 2.93. The van der Waals surface area contributed by atoms with Crippen molar-refractivity contribution in [3.05, 3.63) is 66.2 Å². The van der Waals surface area contributed by atoms with Gasteiger partial charge in [-0.15, -0.1) is 10.2 Å². The number of pyridine rings is 1. The van der Waals surface area contributed by atoms with Crippen LogP contribution in [-0.2, 0) is 4.79 Å². The number of benzene rings is 2. The number of anilines is 1. The molecule has 2 aromatic heterocycles. The van der Waals surface area contributed by atoms with E-state index in [1.807, 2.05) is 59.9 Å². The zero-order valence-electron chi connectivity index (χ0n) is 14.5. The number of thioether (sulfide) groups is 1. The summed E-state index contributed by atoms with van der Waals surface area (Å²) in [4.78, 5) is 12.5. The predicted molar refractivity (Wildman–Crippen MR) is 106 cm³/mol. The summed E-state index contributed by atoms with van der Waals surface area (Å²) < 4.78 is 2.01. The van der Waals surface area contributed by atoms with E-state index in [4.69, 9.17) is 0 Å². The first-order valence-electron chi connectivity index (χ1n) is 8.39. The maximum atomic E-state index is 12.5. The van der Waals surface area contributed by atoms with Gasteiger partial charge in [-0.2, -0.15) is 0 Å². The third-order valence-electron chi connectivity index (χ3n) is 4.27. The average molecular weight is 362 g/mol. The summed E-state index contributed by atoms with van der Waals surface area (Å²) in [7, 11) is 0. The first-order valence-corrected chi connectivity index (χ1v) is 9.27. The SMILES string of the molecule is Cc1cc2nnc(S[C@H](C)C(=O)Nc3ccccc3)n2c2ccccc12. The van der Waals surface area contributed by atoms with Crippen molar-refractivity contribution >= 4 is 39.9 Å². The smallest absolute Gasteiger partial charge is 0.237 e. The maximum absolute atomic E-state index is 12.5. The van der Waals surface area contributed by atoms with Crippen molar-refractivity contribution in [2.45, 2.75) is 24.3 Å². The summed E-state index contributed by atoms with van der Waals surface area (Å²) in [6.07, 6.45) is 0. The largest absolute Gasteiger partial charge is 0.325 e. The predicted octanol–water partition coefficient (Wildman–Crippen LogP) is 4.31. The van der Waals surface area contributed by atoms with Crippen molar-refractivity contribution in [1.29, 1.82) is 0 Å². The van der Waals surface area contributed by atoms with Crippen molar-refractivity contribution in [3.63, 3.8) is 0 Å². The lowest BCUT2D eigenvalue weighted by molar-refractivity contribution is -0.115. The van der Waals surface area contributed by atoms with Crippen LogP contribution in [-0.4, -0.2) is 25.8 Å². The number of hydrogen-bond acceptors (Lipinski definition) is 4. The summed E-state index contributed by atoms with van der Waals surface area (Å²) in [6.45, 7) is 3.94. The standard InChI is InChI=1S/C20H18N4OS/c1-13-12-18-22-23-20(24(18)17-11-7-6-10-16(13)17)26-14(2)19(25)21-15-8-4-3-5-9-15/h3-12,14H,1-2H3,(H,21,25)/t14-/m1/s1. The Bertz CT molecular complexity index is 1090. The molecule has 0 aliphatic carbocycles. The summed E-state index contributed by atoms with van der Waals surface area (Å²) >= 11 is 1.41. The van der Waals surface area contributed by atoms with E-state index in [0.29, 0.717) is 5.16 Å². The molecule has 4 rings (SSSR count). The number of nitrogens with one attached hydrogen (secondary N) is 1. The Hall–Kier alpha value is -2.86. The van der Waals surface area contributed by atoms with E-state index in [9.17, 15) is 4.79 Å². The molecule has 2 aromatic carbocycles. The summed E-state index contributed by atoms with van der Waals surface area (Å²) in [5.41, 5.74) is 3.79. The van der Waals surface area contributed by atoms with Gasteiger partial charge in [0.25, 0.3) is 0 Å². The molecule has 0 aliphatic heterocycles. The topological polar surface area (TPSA) is 59.3 Å². The van der Waals surface area contributed by atoms with Crippen molar-refractivity contribution in [3.8, 4) is 0 Å². The monoisotopic (exact) mass is 362 g/mol. The van der Waals surface area contributed by atoms with Gasteiger partial charge in [0.2, 0.25) is 5.91 Å². The number of para-hydroxylation sites is 2. The van der Waals surface area contributed by atoms with E-state index < -0.39 is 0 Å². The zero-order valence-corrected chi connectivity index (χ0v) is 15.3. The van der Waals surface area contributed by atoms with Crippen LogP contribution < -0.4 is 5.32 Å². The number of rotatable bonds is 4. The van der Waals surface area contributed by atoms with Gasteiger partial charge in [-0.1, -0.05) is 48.2 Å². The summed E-state index contributed by atoms with van der Waals surface area (Å²) in [5, 5.41) is 13.1. The molecular formula is C20H18N4OS. The number of carbonyl (C=O) groups is 1. The minimum Gasteiger partial charge on any atom is -0.325 e. The Balaban J connectivity index is 1.65. The van der Waals surface area contributed by atoms with Gasteiger partial charge in [0.1, 0.15) is 0 Å². The molecule has 0 saturated carbocycles. The average Bonchev–Trinajstić information content (AvgIpc) is 3.05. The van der Waals surface area contributed by atoms with E-state index in [-0.39, 0.29) is 11.2 Å². The lowest BCUT2D eigenvalue weighted by Crippen LogP contribution is -2.22. The number of aromatic nitrogens is 3. The second-order valence-electron chi connectivity index (χ2n) is 6.14. The van der Waals surface area contributed by atoms with E-state index in [2.05, 4.69) is 34.6 Å². The molecule has 4 aromatic rings. The number of fused-ring (bicyclic) bond motifs is 3. The Morgan fingerprint density at radius 2 is 1.81 bits per heavy atom. The van der Waals surface area contributed by atoms with Gasteiger partial charge in [0.15, 0.2) is 10.8 Å². The molecule has 1 amide bonds. The van der Waals surface area contributed by atoms with Gasteiger partial charge in [-0.3, -0.25) is 9.20 Å². The lowest BCUT2D eigenvalue weighted by Gasteiger charge is -2.12. The number of carbonyl (C=O) groups excluding carboxylic acids is 1. The molecule has 0 bridgehead atoms. The molecule has 0 radical (unpaired) electrons. The fraction of sp³-hybridized carbons (Fsp3) is 0.150. The van der Waals surface area contributed by atoms with Gasteiger partial charge in [0.05, 0.1) is 10.8 Å². The summed E-state index contributed by atoms with van der Waals surface area (Å²) in [6, 6.07) is 19.6. The fourth-order valence-corrected chi connectivity index (χ4v) is 3.80. The minimum absolute atomic E-state index is 0.0608. The van der Waals surface area contributed by atoms with Crippen LogP contribution in [0, 0.1) is 6.92 Å². The van der Waals surface area contributed by atoms with Crippen molar-refractivity contribution in [2.75, 3.05) is 5.32 Å². The van der Waals surface area contributed by atoms with E-state index >= 15 is 0 Å².